The second-order valence-corrected chi connectivity index (χ2v) is 13.6. The van der Waals surface area contributed by atoms with Crippen molar-refractivity contribution in [3.8, 4) is 0 Å². The van der Waals surface area contributed by atoms with Crippen LogP contribution in [-0.4, -0.2) is 51.1 Å². The summed E-state index contributed by atoms with van der Waals surface area (Å²) in [4.78, 5) is 0. The third-order valence-corrected chi connectivity index (χ3v) is 10.9. The summed E-state index contributed by atoms with van der Waals surface area (Å²) in [7, 11) is -1.09. The highest BCUT2D eigenvalue weighted by Crippen LogP contribution is 2.37. The van der Waals surface area contributed by atoms with Crippen molar-refractivity contribution in [3.63, 3.8) is 0 Å². The number of aliphatic hydroxyl groups excluding tert-OH is 2. The maximum absolute atomic E-state index is 10.9. The maximum atomic E-state index is 10.9. The highest BCUT2D eigenvalue weighted by Gasteiger charge is 2.50. The summed E-state index contributed by atoms with van der Waals surface area (Å²) in [5.74, 6) is -0.167. The van der Waals surface area contributed by atoms with Gasteiger partial charge in [-0.15, -0.1) is 0 Å². The molecule has 0 aliphatic carbocycles. The Bertz CT molecular complexity index is 775. The first-order chi connectivity index (χ1) is 14.7. The minimum atomic E-state index is -2.69. The zero-order chi connectivity index (χ0) is 23.1. The first-order valence-electron chi connectivity index (χ1n) is 10.9. The van der Waals surface area contributed by atoms with Crippen molar-refractivity contribution in [1.29, 1.82) is 0 Å². The number of ether oxygens (including phenoxy) is 1. The highest BCUT2D eigenvalue weighted by molar-refractivity contribution is 6.99. The van der Waals surface area contributed by atoms with Gasteiger partial charge in [0.15, 0.2) is 0 Å². The van der Waals surface area contributed by atoms with Gasteiger partial charge in [0.2, 0.25) is 0 Å². The molecule has 0 aliphatic rings. The zero-order valence-electron chi connectivity index (χ0n) is 19.7. The molecule has 31 heavy (non-hydrogen) atoms. The van der Waals surface area contributed by atoms with Crippen molar-refractivity contribution in [2.45, 2.75) is 51.9 Å². The van der Waals surface area contributed by atoms with Gasteiger partial charge in [-0.3, -0.25) is 0 Å². The van der Waals surface area contributed by atoms with E-state index in [2.05, 4.69) is 69.3 Å². The average molecular weight is 443 g/mol. The summed E-state index contributed by atoms with van der Waals surface area (Å²) < 4.78 is 12.6. The molecule has 170 valence electrons. The Balaban J connectivity index is 2.44. The summed E-state index contributed by atoms with van der Waals surface area (Å²) in [5.41, 5.74) is 0.828. The van der Waals surface area contributed by atoms with Gasteiger partial charge < -0.3 is 19.4 Å². The molecule has 0 aliphatic heterocycles. The summed E-state index contributed by atoms with van der Waals surface area (Å²) >= 11 is 0. The van der Waals surface area contributed by atoms with E-state index in [9.17, 15) is 10.2 Å². The molecule has 2 N–H and O–H groups in total. The monoisotopic (exact) mass is 442 g/mol. The molecule has 4 nitrogen and oxygen atoms in total. The average Bonchev–Trinajstić information content (AvgIpc) is 2.76. The van der Waals surface area contributed by atoms with Crippen molar-refractivity contribution in [1.82, 2.24) is 0 Å². The lowest BCUT2D eigenvalue weighted by Gasteiger charge is -2.44. The van der Waals surface area contributed by atoms with Gasteiger partial charge in [-0.25, -0.2) is 0 Å². The number of aliphatic hydroxyl groups is 2. The van der Waals surface area contributed by atoms with Crippen molar-refractivity contribution < 1.29 is 19.4 Å². The third-order valence-electron chi connectivity index (χ3n) is 5.90. The lowest BCUT2D eigenvalue weighted by Crippen LogP contribution is -2.67. The van der Waals surface area contributed by atoms with Gasteiger partial charge in [-0.1, -0.05) is 100 Å². The smallest absolute Gasteiger partial charge is 0.261 e. The Morgan fingerprint density at radius 1 is 1.00 bits per heavy atom. The fourth-order valence-electron chi connectivity index (χ4n) is 4.21. The van der Waals surface area contributed by atoms with Gasteiger partial charge in [-0.2, -0.15) is 0 Å². The van der Waals surface area contributed by atoms with Gasteiger partial charge in [0.25, 0.3) is 8.32 Å². The molecule has 0 amide bonds. The maximum Gasteiger partial charge on any atom is 0.261 e. The van der Waals surface area contributed by atoms with E-state index in [1.165, 1.54) is 10.4 Å². The molecule has 0 bridgehead atoms. The van der Waals surface area contributed by atoms with E-state index in [0.717, 1.165) is 5.57 Å². The van der Waals surface area contributed by atoms with Crippen LogP contribution in [0, 0.1) is 5.92 Å². The molecule has 0 radical (unpaired) electrons. The molecule has 0 saturated carbocycles. The molecule has 2 aromatic carbocycles. The molecule has 0 spiro atoms. The predicted molar refractivity (Wildman–Crippen MR) is 130 cm³/mol. The Labute approximate surface area is 188 Å². The molecule has 0 aromatic heterocycles. The molecule has 0 fully saturated rings. The number of hydrogen-bond acceptors (Lipinski definition) is 4. The quantitative estimate of drug-likeness (QED) is 0.437. The molecule has 2 rings (SSSR count). The Kier molecular flexibility index (Phi) is 9.22. The molecule has 0 saturated heterocycles. The highest BCUT2D eigenvalue weighted by atomic mass is 28.4. The standard InChI is InChI=1S/C26H38O4Si/c1-20(18-27)17-21(2)25(28)24(29-6)19-30-31(26(3,4)5,22-13-9-7-10-14-22)23-15-11-8-12-16-23/h7-17,21,24-25,27-28H,18-19H2,1-6H3. The van der Waals surface area contributed by atoms with Crippen molar-refractivity contribution in [2.75, 3.05) is 20.3 Å². The number of methoxy groups -OCH3 is 1. The second kappa shape index (κ2) is 11.2. The van der Waals surface area contributed by atoms with Crippen molar-refractivity contribution in [2.24, 2.45) is 5.92 Å². The van der Waals surface area contributed by atoms with E-state index < -0.39 is 20.5 Å². The summed E-state index contributed by atoms with van der Waals surface area (Å²) in [6.45, 7) is 10.7. The fourth-order valence-corrected chi connectivity index (χ4v) is 8.78. The van der Waals surface area contributed by atoms with Crippen LogP contribution in [0.25, 0.3) is 0 Å². The van der Waals surface area contributed by atoms with Gasteiger partial charge >= 0.3 is 0 Å². The van der Waals surface area contributed by atoms with Crippen LogP contribution in [0.4, 0.5) is 0 Å². The lowest BCUT2D eigenvalue weighted by atomic mass is 9.98. The summed E-state index contributed by atoms with van der Waals surface area (Å²) in [6.07, 6.45) is 0.656. The van der Waals surface area contributed by atoms with Crippen molar-refractivity contribution >= 4 is 18.7 Å². The molecule has 3 atom stereocenters. The topological polar surface area (TPSA) is 58.9 Å². The minimum absolute atomic E-state index is 0.0206. The van der Waals surface area contributed by atoms with E-state index in [-0.39, 0.29) is 24.2 Å². The van der Waals surface area contributed by atoms with Crippen LogP contribution < -0.4 is 10.4 Å². The van der Waals surface area contributed by atoms with Crippen LogP contribution in [0.5, 0.6) is 0 Å². The fraction of sp³-hybridized carbons (Fsp3) is 0.462. The van der Waals surface area contributed by atoms with E-state index in [4.69, 9.17) is 9.16 Å². The number of rotatable bonds is 10. The van der Waals surface area contributed by atoms with Gasteiger partial charge in [0.05, 0.1) is 19.3 Å². The Morgan fingerprint density at radius 3 is 1.87 bits per heavy atom. The van der Waals surface area contributed by atoms with Gasteiger partial charge in [0, 0.05) is 13.0 Å². The minimum Gasteiger partial charge on any atom is -0.405 e. The van der Waals surface area contributed by atoms with Crippen LogP contribution in [0.3, 0.4) is 0 Å². The van der Waals surface area contributed by atoms with E-state index in [0.29, 0.717) is 0 Å². The zero-order valence-corrected chi connectivity index (χ0v) is 20.7. The Morgan fingerprint density at radius 2 is 1.48 bits per heavy atom. The molecule has 3 unspecified atom stereocenters. The molecular weight excluding hydrogens is 404 g/mol. The first kappa shape index (κ1) is 25.5. The largest absolute Gasteiger partial charge is 0.405 e. The SMILES string of the molecule is COC(CO[Si](c1ccccc1)(c1ccccc1)C(C)(C)C)C(O)C(C)C=C(C)CO. The van der Waals surface area contributed by atoms with Crippen LogP contribution in [0.2, 0.25) is 5.04 Å². The van der Waals surface area contributed by atoms with Gasteiger partial charge in [0.1, 0.15) is 6.10 Å². The third kappa shape index (κ3) is 5.93. The number of hydrogen-bond donors (Lipinski definition) is 2. The van der Waals surface area contributed by atoms with E-state index in [1.54, 1.807) is 7.11 Å². The normalized spacial score (nSPS) is 16.1. The number of benzene rings is 2. The molecule has 0 heterocycles. The van der Waals surface area contributed by atoms with Crippen LogP contribution in [0.1, 0.15) is 34.6 Å². The van der Waals surface area contributed by atoms with Crippen molar-refractivity contribution in [3.05, 3.63) is 72.3 Å². The van der Waals surface area contributed by atoms with Crippen LogP contribution in [-0.2, 0) is 9.16 Å². The summed E-state index contributed by atoms with van der Waals surface area (Å²) in [5, 5.41) is 22.5. The van der Waals surface area contributed by atoms with E-state index >= 15 is 0 Å². The van der Waals surface area contributed by atoms with Gasteiger partial charge in [-0.05, 0) is 22.3 Å². The van der Waals surface area contributed by atoms with Crippen LogP contribution in [0.15, 0.2) is 72.3 Å². The summed E-state index contributed by atoms with van der Waals surface area (Å²) in [6, 6.07) is 20.9. The predicted octanol–water partition coefficient (Wildman–Crippen LogP) is 3.51. The first-order valence-corrected chi connectivity index (χ1v) is 12.8. The van der Waals surface area contributed by atoms with E-state index in [1.807, 2.05) is 32.1 Å². The molecular formula is C26H38O4Si. The second-order valence-electron chi connectivity index (χ2n) is 9.27. The lowest BCUT2D eigenvalue weighted by molar-refractivity contribution is -0.0514. The molecule has 2 aromatic rings. The van der Waals surface area contributed by atoms with Crippen LogP contribution >= 0.6 is 0 Å². The Hall–Kier alpha value is -1.76. The molecule has 5 heteroatoms.